The quantitative estimate of drug-likeness (QED) is 0.473. The molecule has 1 fully saturated rings. The van der Waals surface area contributed by atoms with Gasteiger partial charge in [0.1, 0.15) is 4.90 Å². The Hall–Kier alpha value is -2.26. The molecule has 0 radical (unpaired) electrons. The van der Waals surface area contributed by atoms with Crippen molar-refractivity contribution in [1.29, 1.82) is 0 Å². The van der Waals surface area contributed by atoms with E-state index >= 15 is 0 Å². The number of hydrogen-bond acceptors (Lipinski definition) is 6. The van der Waals surface area contributed by atoms with Gasteiger partial charge in [0.15, 0.2) is 12.4 Å². The third kappa shape index (κ3) is 5.92. The van der Waals surface area contributed by atoms with E-state index in [1.807, 2.05) is 19.9 Å². The van der Waals surface area contributed by atoms with Crippen LogP contribution in [-0.4, -0.2) is 46.0 Å². The molecule has 0 aliphatic carbocycles. The molecule has 9 heteroatoms. The second kappa shape index (κ2) is 9.91. The number of rotatable bonds is 8. The zero-order valence-corrected chi connectivity index (χ0v) is 18.9. The fourth-order valence-corrected chi connectivity index (χ4v) is 4.72. The maximum absolute atomic E-state index is 12.6. The van der Waals surface area contributed by atoms with Crippen molar-refractivity contribution >= 4 is 33.4 Å². The van der Waals surface area contributed by atoms with Crippen LogP contribution in [0.4, 0.5) is 0 Å². The zero-order chi connectivity index (χ0) is 22.6. The Morgan fingerprint density at radius 1 is 1.13 bits per heavy atom. The zero-order valence-electron chi connectivity index (χ0n) is 17.3. The molecule has 0 bridgehead atoms. The molecule has 1 N–H and O–H groups in total. The number of carbonyl (C=O) groups is 2. The molecule has 1 saturated heterocycles. The highest BCUT2D eigenvalue weighted by molar-refractivity contribution is 7.89. The first-order chi connectivity index (χ1) is 14.7. The van der Waals surface area contributed by atoms with E-state index in [0.717, 1.165) is 30.0 Å². The minimum Gasteiger partial charge on any atom is -0.454 e. The van der Waals surface area contributed by atoms with Crippen LogP contribution in [0, 0.1) is 13.8 Å². The Kier molecular flexibility index (Phi) is 7.48. The molecule has 7 nitrogen and oxygen atoms in total. The first-order valence-corrected chi connectivity index (χ1v) is 11.7. The van der Waals surface area contributed by atoms with Crippen molar-refractivity contribution in [1.82, 2.24) is 4.72 Å². The van der Waals surface area contributed by atoms with Crippen LogP contribution in [0.15, 0.2) is 41.3 Å². The summed E-state index contributed by atoms with van der Waals surface area (Å²) in [6.07, 6.45) is 1.48. The summed E-state index contributed by atoms with van der Waals surface area (Å²) in [5.74, 6) is -1.17. The Bertz CT molecular complexity index is 1090. The highest BCUT2D eigenvalue weighted by Gasteiger charge is 2.24. The number of nitrogens with one attached hydrogen (secondary N) is 1. The Morgan fingerprint density at radius 3 is 2.55 bits per heavy atom. The third-order valence-corrected chi connectivity index (χ3v) is 7.05. The molecular weight excluding hydrogens is 442 g/mol. The van der Waals surface area contributed by atoms with Crippen LogP contribution in [0.2, 0.25) is 5.02 Å². The van der Waals surface area contributed by atoms with Crippen LogP contribution >= 0.6 is 11.6 Å². The third-order valence-electron chi connectivity index (χ3n) is 5.14. The maximum atomic E-state index is 12.6. The van der Waals surface area contributed by atoms with Crippen molar-refractivity contribution in [3.05, 3.63) is 63.7 Å². The first-order valence-electron chi connectivity index (χ1n) is 9.86. The molecule has 2 aromatic carbocycles. The summed E-state index contributed by atoms with van der Waals surface area (Å²) in [5, 5.41) is -0.0254. The van der Waals surface area contributed by atoms with Crippen molar-refractivity contribution < 1.29 is 27.5 Å². The molecule has 3 rings (SSSR count). The van der Waals surface area contributed by atoms with Gasteiger partial charge < -0.3 is 9.47 Å². The fourth-order valence-electron chi connectivity index (χ4n) is 3.13. The predicted molar refractivity (Wildman–Crippen MR) is 116 cm³/mol. The van der Waals surface area contributed by atoms with Gasteiger partial charge in [-0.15, -0.1) is 0 Å². The van der Waals surface area contributed by atoms with Gasteiger partial charge in [0.05, 0.1) is 16.7 Å². The average molecular weight is 466 g/mol. The molecule has 0 spiro atoms. The molecule has 1 aliphatic rings. The normalized spacial score (nSPS) is 16.3. The van der Waals surface area contributed by atoms with Gasteiger partial charge in [-0.2, -0.15) is 0 Å². The fraction of sp³-hybridized carbons (Fsp3) is 0.364. The standard InChI is InChI=1S/C22H24ClNO6S/c1-14-5-6-16(10-15(14)2)20(25)13-30-22(26)17-7-8-19(23)21(11-17)31(27,28)24-12-18-4-3-9-29-18/h5-8,10-11,18,24H,3-4,9,12-13H2,1-2H3. The van der Waals surface area contributed by atoms with Crippen molar-refractivity contribution in [2.24, 2.45) is 0 Å². The summed E-state index contributed by atoms with van der Waals surface area (Å²) in [4.78, 5) is 24.5. The second-order valence-corrected chi connectivity index (χ2v) is 9.57. The van der Waals surface area contributed by atoms with Gasteiger partial charge in [0.25, 0.3) is 0 Å². The predicted octanol–water partition coefficient (Wildman–Crippen LogP) is 3.45. The van der Waals surface area contributed by atoms with Crippen LogP contribution in [-0.2, 0) is 19.5 Å². The number of ether oxygens (including phenoxy) is 2. The SMILES string of the molecule is Cc1ccc(C(=O)COC(=O)c2ccc(Cl)c(S(=O)(=O)NCC3CCCO3)c2)cc1C. The van der Waals surface area contributed by atoms with E-state index in [-0.39, 0.29) is 33.9 Å². The Morgan fingerprint density at radius 2 is 1.87 bits per heavy atom. The van der Waals surface area contributed by atoms with Crippen LogP contribution < -0.4 is 4.72 Å². The highest BCUT2D eigenvalue weighted by Crippen LogP contribution is 2.23. The summed E-state index contributed by atoms with van der Waals surface area (Å²) in [6.45, 7) is 4.10. The molecule has 0 saturated carbocycles. The summed E-state index contributed by atoms with van der Waals surface area (Å²) >= 11 is 6.06. The van der Waals surface area contributed by atoms with Crippen LogP contribution in [0.1, 0.15) is 44.7 Å². The second-order valence-electron chi connectivity index (χ2n) is 7.43. The molecule has 1 heterocycles. The van der Waals surface area contributed by atoms with E-state index in [9.17, 15) is 18.0 Å². The largest absolute Gasteiger partial charge is 0.454 e. The minimum atomic E-state index is -3.95. The van der Waals surface area contributed by atoms with E-state index in [0.29, 0.717) is 12.2 Å². The van der Waals surface area contributed by atoms with Gasteiger partial charge in [-0.3, -0.25) is 4.79 Å². The number of carbonyl (C=O) groups excluding carboxylic acids is 2. The molecule has 0 aromatic heterocycles. The number of benzene rings is 2. The number of sulfonamides is 1. The summed E-state index contributed by atoms with van der Waals surface area (Å²) in [7, 11) is -3.95. The van der Waals surface area contributed by atoms with Crippen molar-refractivity contribution in [3.8, 4) is 0 Å². The number of ketones is 1. The van der Waals surface area contributed by atoms with Gasteiger partial charge >= 0.3 is 5.97 Å². The lowest BCUT2D eigenvalue weighted by Crippen LogP contribution is -2.32. The van der Waals surface area contributed by atoms with Gasteiger partial charge in [0.2, 0.25) is 10.0 Å². The van der Waals surface area contributed by atoms with Crippen LogP contribution in [0.5, 0.6) is 0 Å². The molecular formula is C22H24ClNO6S. The topological polar surface area (TPSA) is 98.8 Å². The molecule has 0 amide bonds. The van der Waals surface area contributed by atoms with Crippen molar-refractivity contribution in [2.75, 3.05) is 19.8 Å². The van der Waals surface area contributed by atoms with Crippen molar-refractivity contribution in [3.63, 3.8) is 0 Å². The lowest BCUT2D eigenvalue weighted by atomic mass is 10.0. The van der Waals surface area contributed by atoms with E-state index in [2.05, 4.69) is 4.72 Å². The highest BCUT2D eigenvalue weighted by atomic mass is 35.5. The Balaban J connectivity index is 1.67. The Labute approximate surface area is 186 Å². The van der Waals surface area contributed by atoms with Gasteiger partial charge in [-0.25, -0.2) is 17.9 Å². The molecule has 1 unspecified atom stereocenters. The number of aryl methyl sites for hydroxylation is 2. The number of halogens is 1. The monoisotopic (exact) mass is 465 g/mol. The molecule has 2 aromatic rings. The maximum Gasteiger partial charge on any atom is 0.338 e. The smallest absolute Gasteiger partial charge is 0.338 e. The van der Waals surface area contributed by atoms with E-state index in [4.69, 9.17) is 21.1 Å². The lowest BCUT2D eigenvalue weighted by molar-refractivity contribution is 0.0474. The van der Waals surface area contributed by atoms with Crippen LogP contribution in [0.3, 0.4) is 0 Å². The lowest BCUT2D eigenvalue weighted by Gasteiger charge is -2.13. The van der Waals surface area contributed by atoms with Crippen molar-refractivity contribution in [2.45, 2.75) is 37.7 Å². The summed E-state index contributed by atoms with van der Waals surface area (Å²) in [5.41, 5.74) is 2.43. The van der Waals surface area contributed by atoms with Gasteiger partial charge in [0, 0.05) is 18.7 Å². The number of esters is 1. The molecule has 1 atom stereocenters. The molecule has 1 aliphatic heterocycles. The van der Waals surface area contributed by atoms with E-state index in [1.165, 1.54) is 12.1 Å². The van der Waals surface area contributed by atoms with E-state index in [1.54, 1.807) is 12.1 Å². The summed E-state index contributed by atoms with van der Waals surface area (Å²) < 4.78 is 38.2. The van der Waals surface area contributed by atoms with Crippen LogP contribution in [0.25, 0.3) is 0 Å². The summed E-state index contributed by atoms with van der Waals surface area (Å²) in [6, 6.07) is 9.03. The molecule has 166 valence electrons. The molecule has 31 heavy (non-hydrogen) atoms. The van der Waals surface area contributed by atoms with Gasteiger partial charge in [-0.05, 0) is 62.1 Å². The first kappa shape index (κ1) is 23.4. The number of Topliss-reactive ketones (excluding diaryl/α,β-unsaturated/α-hetero) is 1. The minimum absolute atomic E-state index is 0.0187. The number of hydrogen-bond donors (Lipinski definition) is 1. The average Bonchev–Trinajstić information content (AvgIpc) is 3.26. The van der Waals surface area contributed by atoms with Gasteiger partial charge in [-0.1, -0.05) is 23.7 Å². The van der Waals surface area contributed by atoms with E-state index < -0.39 is 22.6 Å².